The Morgan fingerprint density at radius 2 is 0.561 bits per heavy atom. The van der Waals surface area contributed by atoms with Crippen LogP contribution in [0.5, 0.6) is 0 Å². The predicted molar refractivity (Wildman–Crippen MR) is 283 cm³/mol. The van der Waals surface area contributed by atoms with E-state index < -0.39 is 6.10 Å². The van der Waals surface area contributed by atoms with E-state index in [-0.39, 0.29) is 44.0 Å². The molecule has 0 aromatic heterocycles. The second kappa shape index (κ2) is 52.9. The van der Waals surface area contributed by atoms with Crippen molar-refractivity contribution in [1.29, 1.82) is 0 Å². The molecule has 0 rings (SSSR count). The first kappa shape index (κ1) is 61.3. The van der Waals surface area contributed by atoms with Crippen LogP contribution < -0.4 is 0 Å². The summed E-state index contributed by atoms with van der Waals surface area (Å²) < 4.78 is 16.7. The molecule has 0 bridgehead atoms. The van der Waals surface area contributed by atoms with Crippen molar-refractivity contribution in [2.75, 3.05) is 13.2 Å². The van der Waals surface area contributed by atoms with Gasteiger partial charge in [0.05, 0.1) is 0 Å². The summed E-state index contributed by atoms with van der Waals surface area (Å²) in [5.41, 5.74) is 0. The van der Waals surface area contributed by atoms with Gasteiger partial charge in [0, 0.05) is 19.3 Å². The third kappa shape index (κ3) is 50.3. The van der Waals surface area contributed by atoms with Gasteiger partial charge in [0.15, 0.2) is 6.10 Å². The van der Waals surface area contributed by atoms with Crippen LogP contribution in [-0.4, -0.2) is 37.2 Å². The van der Waals surface area contributed by atoms with E-state index in [1.165, 1.54) is 12.8 Å². The van der Waals surface area contributed by atoms with Crippen LogP contribution in [0.25, 0.3) is 0 Å². The van der Waals surface area contributed by atoms with E-state index in [4.69, 9.17) is 14.2 Å². The van der Waals surface area contributed by atoms with Crippen molar-refractivity contribution in [1.82, 2.24) is 0 Å². The molecule has 1 unspecified atom stereocenters. The average Bonchev–Trinajstić information content (AvgIpc) is 3.31. The number of esters is 3. The highest BCUT2D eigenvalue weighted by Crippen LogP contribution is 2.12. The Labute approximate surface area is 404 Å². The minimum Gasteiger partial charge on any atom is -0.462 e. The molecule has 0 fully saturated rings. The van der Waals surface area contributed by atoms with Crippen molar-refractivity contribution in [3.8, 4) is 0 Å². The zero-order valence-corrected chi connectivity index (χ0v) is 41.9. The number of carbonyl (C=O) groups is 3. The van der Waals surface area contributed by atoms with Gasteiger partial charge in [-0.15, -0.1) is 0 Å². The molecule has 0 heterocycles. The second-order valence-corrected chi connectivity index (χ2v) is 16.3. The maximum atomic E-state index is 12.8. The molecular formula is C60H92O6. The van der Waals surface area contributed by atoms with Crippen LogP contribution in [0.15, 0.2) is 146 Å². The molecule has 368 valence electrons. The van der Waals surface area contributed by atoms with E-state index in [0.29, 0.717) is 19.3 Å². The third-order valence-corrected chi connectivity index (χ3v) is 10.1. The third-order valence-electron chi connectivity index (χ3n) is 10.1. The van der Waals surface area contributed by atoms with Crippen LogP contribution in [-0.2, 0) is 28.6 Å². The number of unbranched alkanes of at least 4 members (excludes halogenated alkanes) is 9. The average molecular weight is 909 g/mol. The largest absolute Gasteiger partial charge is 0.462 e. The number of carbonyl (C=O) groups excluding carboxylic acids is 3. The Morgan fingerprint density at radius 1 is 0.303 bits per heavy atom. The van der Waals surface area contributed by atoms with Crippen LogP contribution >= 0.6 is 0 Å². The first-order valence-corrected chi connectivity index (χ1v) is 25.8. The molecule has 0 N–H and O–H groups in total. The smallest absolute Gasteiger partial charge is 0.306 e. The summed E-state index contributed by atoms with van der Waals surface area (Å²) in [6.45, 7) is 6.17. The lowest BCUT2D eigenvalue weighted by atomic mass is 10.1. The fourth-order valence-electron chi connectivity index (χ4n) is 6.30. The van der Waals surface area contributed by atoms with E-state index in [1.807, 2.05) is 0 Å². The monoisotopic (exact) mass is 909 g/mol. The fraction of sp³-hybridized carbons (Fsp3) is 0.550. The van der Waals surface area contributed by atoms with Crippen molar-refractivity contribution in [3.63, 3.8) is 0 Å². The normalized spacial score (nSPS) is 13.3. The molecule has 0 saturated heterocycles. The molecule has 0 aliphatic carbocycles. The quantitative estimate of drug-likeness (QED) is 0.0262. The summed E-state index contributed by atoms with van der Waals surface area (Å²) in [4.78, 5) is 38.0. The molecule has 0 radical (unpaired) electrons. The number of ether oxygens (including phenoxy) is 3. The fourth-order valence-corrected chi connectivity index (χ4v) is 6.30. The van der Waals surface area contributed by atoms with Crippen LogP contribution in [0.4, 0.5) is 0 Å². The molecule has 0 aromatic rings. The van der Waals surface area contributed by atoms with Gasteiger partial charge in [0.2, 0.25) is 0 Å². The Morgan fingerprint density at radius 3 is 0.924 bits per heavy atom. The van der Waals surface area contributed by atoms with Gasteiger partial charge in [-0.05, 0) is 128 Å². The number of hydrogen-bond acceptors (Lipinski definition) is 6. The highest BCUT2D eigenvalue weighted by molar-refractivity contribution is 5.71. The summed E-state index contributed by atoms with van der Waals surface area (Å²) in [5.74, 6) is -1.05. The summed E-state index contributed by atoms with van der Waals surface area (Å²) >= 11 is 0. The zero-order chi connectivity index (χ0) is 47.9. The Bertz CT molecular complexity index is 1510. The predicted octanol–water partition coefficient (Wildman–Crippen LogP) is 17.3. The van der Waals surface area contributed by atoms with Gasteiger partial charge in [-0.1, -0.05) is 192 Å². The summed E-state index contributed by atoms with van der Waals surface area (Å²) in [6, 6.07) is 0. The van der Waals surface area contributed by atoms with Crippen LogP contribution in [0.2, 0.25) is 0 Å². The molecule has 0 aliphatic heterocycles. The first-order chi connectivity index (χ1) is 32.5. The van der Waals surface area contributed by atoms with Crippen LogP contribution in [0, 0.1) is 0 Å². The van der Waals surface area contributed by atoms with E-state index in [9.17, 15) is 14.4 Å². The van der Waals surface area contributed by atoms with E-state index in [2.05, 4.69) is 167 Å². The molecule has 6 heteroatoms. The second-order valence-electron chi connectivity index (χ2n) is 16.3. The molecule has 0 amide bonds. The first-order valence-electron chi connectivity index (χ1n) is 25.8. The zero-order valence-electron chi connectivity index (χ0n) is 41.9. The molecule has 1 atom stereocenters. The Balaban J connectivity index is 4.56. The lowest BCUT2D eigenvalue weighted by Crippen LogP contribution is -2.30. The van der Waals surface area contributed by atoms with Gasteiger partial charge in [-0.3, -0.25) is 14.4 Å². The minimum absolute atomic E-state index is 0.127. The molecule has 0 spiro atoms. The van der Waals surface area contributed by atoms with Crippen molar-refractivity contribution >= 4 is 17.9 Å². The van der Waals surface area contributed by atoms with Crippen LogP contribution in [0.3, 0.4) is 0 Å². The number of allylic oxidation sites excluding steroid dienone is 24. The maximum Gasteiger partial charge on any atom is 0.306 e. The highest BCUT2D eigenvalue weighted by atomic mass is 16.6. The molecule has 0 aliphatic rings. The van der Waals surface area contributed by atoms with Gasteiger partial charge in [0.25, 0.3) is 0 Å². The van der Waals surface area contributed by atoms with E-state index >= 15 is 0 Å². The van der Waals surface area contributed by atoms with Crippen LogP contribution in [0.1, 0.15) is 194 Å². The van der Waals surface area contributed by atoms with E-state index in [1.54, 1.807) is 0 Å². The lowest BCUT2D eigenvalue weighted by molar-refractivity contribution is -0.167. The van der Waals surface area contributed by atoms with Gasteiger partial charge >= 0.3 is 17.9 Å². The van der Waals surface area contributed by atoms with Gasteiger partial charge in [-0.2, -0.15) is 0 Å². The van der Waals surface area contributed by atoms with Crippen molar-refractivity contribution in [2.24, 2.45) is 0 Å². The molecular weight excluding hydrogens is 817 g/mol. The summed E-state index contributed by atoms with van der Waals surface area (Å²) in [7, 11) is 0. The van der Waals surface area contributed by atoms with E-state index in [0.717, 1.165) is 128 Å². The van der Waals surface area contributed by atoms with Crippen molar-refractivity contribution in [2.45, 2.75) is 200 Å². The van der Waals surface area contributed by atoms with Crippen molar-refractivity contribution in [3.05, 3.63) is 146 Å². The highest BCUT2D eigenvalue weighted by Gasteiger charge is 2.19. The van der Waals surface area contributed by atoms with Gasteiger partial charge in [0.1, 0.15) is 13.2 Å². The minimum atomic E-state index is -0.835. The molecule has 0 saturated carbocycles. The Kier molecular flexibility index (Phi) is 49.1. The molecule has 0 aromatic carbocycles. The Hall–Kier alpha value is -4.71. The van der Waals surface area contributed by atoms with Gasteiger partial charge in [-0.25, -0.2) is 0 Å². The number of rotatable bonds is 44. The molecule has 66 heavy (non-hydrogen) atoms. The van der Waals surface area contributed by atoms with Crippen molar-refractivity contribution < 1.29 is 28.6 Å². The SMILES string of the molecule is CC/C=C\C/C=C\C/C=C\C/C=C\C/C=C\CCCC(=O)OC(COC(=O)CCCC/C=C\C/C=C\C/C=C\CC)COC(=O)CCCCCCCC/C=C\C/C=C\C/C=C\C/C=C\CC. The maximum absolute atomic E-state index is 12.8. The number of hydrogen-bond donors (Lipinski definition) is 0. The molecule has 6 nitrogen and oxygen atoms in total. The standard InChI is InChI=1S/C60H92O6/c1-4-7-10-13-16-19-22-25-27-29-30-32-33-35-38-41-44-47-50-53-59(62)65-56-57(55-64-58(61)52-49-46-43-40-37-24-21-18-15-12-9-6-3)66-60(63)54-51-48-45-42-39-36-34-31-28-26-23-20-17-14-11-8-5-2/h7-12,16-21,25-28,30,32,34,36-37,40,42,45,57H,4-6,13-15,22-24,29,31,33,35,38-39,41,43-44,46-56H2,1-3H3/b10-7-,11-8-,12-9-,19-16-,20-17-,21-18-,27-25-,28-26-,32-30-,36-34-,40-37-,45-42-. The van der Waals surface area contributed by atoms with Gasteiger partial charge < -0.3 is 14.2 Å². The summed E-state index contributed by atoms with van der Waals surface area (Å²) in [5, 5.41) is 0. The lowest BCUT2D eigenvalue weighted by Gasteiger charge is -2.18. The summed E-state index contributed by atoms with van der Waals surface area (Å²) in [6.07, 6.45) is 75.6. The topological polar surface area (TPSA) is 78.9 Å².